The van der Waals surface area contributed by atoms with Gasteiger partial charge in [0.15, 0.2) is 0 Å². The van der Waals surface area contributed by atoms with Crippen LogP contribution in [0, 0.1) is 0 Å². The van der Waals surface area contributed by atoms with Crippen molar-refractivity contribution in [2.75, 3.05) is 25.9 Å². The zero-order valence-electron chi connectivity index (χ0n) is 10.4. The number of nitrogens with one attached hydrogen (secondary N) is 1. The minimum atomic E-state index is -3.10. The van der Waals surface area contributed by atoms with Gasteiger partial charge in [0.05, 0.1) is 6.26 Å². The van der Waals surface area contributed by atoms with Crippen molar-refractivity contribution in [3.63, 3.8) is 0 Å². The van der Waals surface area contributed by atoms with Crippen LogP contribution in [0.1, 0.15) is 5.56 Å². The first-order chi connectivity index (χ1) is 8.07. The van der Waals surface area contributed by atoms with Gasteiger partial charge >= 0.3 is 0 Å². The van der Waals surface area contributed by atoms with Crippen LogP contribution in [-0.2, 0) is 16.4 Å². The zero-order chi connectivity index (χ0) is 12.3. The lowest BCUT2D eigenvalue weighted by molar-refractivity contribution is 0.267. The normalized spacial score (nSPS) is 21.3. The highest BCUT2D eigenvalue weighted by atomic mass is 35.5. The zero-order valence-corrected chi connectivity index (χ0v) is 12.0. The third kappa shape index (κ3) is 3.95. The first-order valence-electron chi connectivity index (χ1n) is 5.79. The van der Waals surface area contributed by atoms with E-state index >= 15 is 0 Å². The number of rotatable bonds is 3. The minimum Gasteiger partial charge on any atom is -0.314 e. The van der Waals surface area contributed by atoms with E-state index in [0.717, 1.165) is 19.5 Å². The van der Waals surface area contributed by atoms with Gasteiger partial charge in [0, 0.05) is 25.7 Å². The van der Waals surface area contributed by atoms with Gasteiger partial charge in [-0.05, 0) is 12.0 Å². The second-order valence-electron chi connectivity index (χ2n) is 4.42. The Labute approximate surface area is 115 Å². The average molecular weight is 291 g/mol. The number of nitrogens with zero attached hydrogens (tertiary/aromatic N) is 1. The fraction of sp³-hybridized carbons (Fsp3) is 0.500. The lowest BCUT2D eigenvalue weighted by Gasteiger charge is -2.34. The van der Waals surface area contributed by atoms with Gasteiger partial charge in [0.25, 0.3) is 0 Å². The van der Waals surface area contributed by atoms with Gasteiger partial charge in [0.1, 0.15) is 0 Å². The molecule has 6 heteroatoms. The molecular weight excluding hydrogens is 272 g/mol. The third-order valence-electron chi connectivity index (χ3n) is 3.04. The Morgan fingerprint density at radius 3 is 2.61 bits per heavy atom. The number of hydrogen-bond donors (Lipinski definition) is 1. The molecule has 0 amide bonds. The standard InChI is InChI=1S/C12H18N2O2S.ClH/c1-17(15,16)14-8-7-13-10-12(14)9-11-5-3-2-4-6-11;/h2-6,12-13H,7-10H2,1H3;1H/t12-;/m1./s1. The minimum absolute atomic E-state index is 0. The molecule has 0 bridgehead atoms. The van der Waals surface area contributed by atoms with E-state index < -0.39 is 10.0 Å². The first kappa shape index (κ1) is 15.4. The van der Waals surface area contributed by atoms with Crippen molar-refractivity contribution in [2.45, 2.75) is 12.5 Å². The molecule has 0 aromatic heterocycles. The van der Waals surface area contributed by atoms with Crippen molar-refractivity contribution in [1.82, 2.24) is 9.62 Å². The number of piperazine rings is 1. The Balaban J connectivity index is 0.00000162. The number of hydrogen-bond acceptors (Lipinski definition) is 3. The summed E-state index contributed by atoms with van der Waals surface area (Å²) in [6, 6.07) is 10.0. The van der Waals surface area contributed by atoms with E-state index in [2.05, 4.69) is 5.32 Å². The fourth-order valence-electron chi connectivity index (χ4n) is 2.24. The molecule has 1 heterocycles. The van der Waals surface area contributed by atoms with Gasteiger partial charge in [-0.3, -0.25) is 0 Å². The van der Waals surface area contributed by atoms with Crippen LogP contribution >= 0.6 is 12.4 Å². The maximum atomic E-state index is 11.7. The number of sulfonamides is 1. The second kappa shape index (κ2) is 6.52. The molecule has 1 aliphatic heterocycles. The summed E-state index contributed by atoms with van der Waals surface area (Å²) in [4.78, 5) is 0. The van der Waals surface area contributed by atoms with Crippen molar-refractivity contribution < 1.29 is 8.42 Å². The van der Waals surface area contributed by atoms with E-state index in [-0.39, 0.29) is 18.4 Å². The Bertz CT molecular complexity index is 464. The van der Waals surface area contributed by atoms with Crippen molar-refractivity contribution in [2.24, 2.45) is 0 Å². The van der Waals surface area contributed by atoms with E-state index in [9.17, 15) is 8.42 Å². The molecule has 0 saturated carbocycles. The quantitative estimate of drug-likeness (QED) is 0.899. The summed E-state index contributed by atoms with van der Waals surface area (Å²) in [5.74, 6) is 0. The summed E-state index contributed by atoms with van der Waals surface area (Å²) < 4.78 is 25.0. The molecule has 1 aromatic rings. The SMILES string of the molecule is CS(=O)(=O)N1CCNC[C@H]1Cc1ccccc1.Cl. The Morgan fingerprint density at radius 2 is 2.00 bits per heavy atom. The fourth-order valence-corrected chi connectivity index (χ4v) is 3.35. The van der Waals surface area contributed by atoms with Crippen molar-refractivity contribution in [3.05, 3.63) is 35.9 Å². The average Bonchev–Trinajstić information content (AvgIpc) is 2.30. The molecule has 102 valence electrons. The number of halogens is 1. The van der Waals surface area contributed by atoms with Gasteiger partial charge in [-0.25, -0.2) is 8.42 Å². The molecule has 0 spiro atoms. The number of benzene rings is 1. The molecule has 4 nitrogen and oxygen atoms in total. The van der Waals surface area contributed by atoms with E-state index in [4.69, 9.17) is 0 Å². The molecule has 1 saturated heterocycles. The summed E-state index contributed by atoms with van der Waals surface area (Å²) in [6.07, 6.45) is 2.05. The first-order valence-corrected chi connectivity index (χ1v) is 7.63. The van der Waals surface area contributed by atoms with Crippen LogP contribution in [-0.4, -0.2) is 44.7 Å². The second-order valence-corrected chi connectivity index (χ2v) is 6.36. The highest BCUT2D eigenvalue weighted by Crippen LogP contribution is 2.13. The van der Waals surface area contributed by atoms with Crippen molar-refractivity contribution in [3.8, 4) is 0 Å². The highest BCUT2D eigenvalue weighted by molar-refractivity contribution is 7.88. The van der Waals surface area contributed by atoms with Crippen LogP contribution in [0.5, 0.6) is 0 Å². The van der Waals surface area contributed by atoms with Crippen molar-refractivity contribution >= 4 is 22.4 Å². The summed E-state index contributed by atoms with van der Waals surface area (Å²) in [5.41, 5.74) is 1.18. The smallest absolute Gasteiger partial charge is 0.211 e. The summed E-state index contributed by atoms with van der Waals surface area (Å²) in [7, 11) is -3.10. The maximum absolute atomic E-state index is 11.7. The monoisotopic (exact) mass is 290 g/mol. The summed E-state index contributed by atoms with van der Waals surface area (Å²) in [5, 5.41) is 3.25. The Morgan fingerprint density at radius 1 is 1.33 bits per heavy atom. The largest absolute Gasteiger partial charge is 0.314 e. The van der Waals surface area contributed by atoms with Crippen LogP contribution < -0.4 is 5.32 Å². The topological polar surface area (TPSA) is 49.4 Å². The summed E-state index contributed by atoms with van der Waals surface area (Å²) >= 11 is 0. The van der Waals surface area contributed by atoms with Gasteiger partial charge < -0.3 is 5.32 Å². The van der Waals surface area contributed by atoms with Crippen LogP contribution in [0.2, 0.25) is 0 Å². The van der Waals surface area contributed by atoms with Crippen LogP contribution in [0.3, 0.4) is 0 Å². The highest BCUT2D eigenvalue weighted by Gasteiger charge is 2.28. The molecule has 18 heavy (non-hydrogen) atoms. The molecule has 2 rings (SSSR count). The van der Waals surface area contributed by atoms with Gasteiger partial charge in [-0.2, -0.15) is 4.31 Å². The lowest BCUT2D eigenvalue weighted by atomic mass is 10.1. The summed E-state index contributed by atoms with van der Waals surface area (Å²) in [6.45, 7) is 2.02. The Kier molecular flexibility index (Phi) is 5.59. The van der Waals surface area contributed by atoms with Crippen LogP contribution in [0.25, 0.3) is 0 Å². The molecule has 0 radical (unpaired) electrons. The van der Waals surface area contributed by atoms with E-state index in [1.54, 1.807) is 4.31 Å². The van der Waals surface area contributed by atoms with Crippen molar-refractivity contribution in [1.29, 1.82) is 0 Å². The third-order valence-corrected chi connectivity index (χ3v) is 4.37. The molecule has 0 unspecified atom stereocenters. The van der Waals surface area contributed by atoms with Crippen LogP contribution in [0.15, 0.2) is 30.3 Å². The van der Waals surface area contributed by atoms with Crippen LogP contribution in [0.4, 0.5) is 0 Å². The van der Waals surface area contributed by atoms with E-state index in [1.165, 1.54) is 11.8 Å². The molecule has 1 atom stereocenters. The molecule has 1 aliphatic rings. The van der Waals surface area contributed by atoms with Gasteiger partial charge in [-0.15, -0.1) is 12.4 Å². The molecule has 1 N–H and O–H groups in total. The molecule has 1 aromatic carbocycles. The maximum Gasteiger partial charge on any atom is 0.211 e. The van der Waals surface area contributed by atoms with E-state index in [0.29, 0.717) is 6.54 Å². The lowest BCUT2D eigenvalue weighted by Crippen LogP contribution is -2.54. The predicted molar refractivity (Wildman–Crippen MR) is 75.6 cm³/mol. The molecule has 1 fully saturated rings. The van der Waals surface area contributed by atoms with E-state index in [1.807, 2.05) is 30.3 Å². The van der Waals surface area contributed by atoms with Gasteiger partial charge in [0.2, 0.25) is 10.0 Å². The molecule has 0 aliphatic carbocycles. The predicted octanol–water partition coefficient (Wildman–Crippen LogP) is 0.884. The Hall–Kier alpha value is -0.620. The molecular formula is C12H19ClN2O2S. The van der Waals surface area contributed by atoms with Gasteiger partial charge in [-0.1, -0.05) is 30.3 Å².